The van der Waals surface area contributed by atoms with Crippen LogP contribution < -0.4 is 16.8 Å². The van der Waals surface area contributed by atoms with Gasteiger partial charge < -0.3 is 16.8 Å². The van der Waals surface area contributed by atoms with E-state index in [0.29, 0.717) is 16.9 Å². The second-order valence-corrected chi connectivity index (χ2v) is 5.96. The number of aromatic nitrogens is 3. The van der Waals surface area contributed by atoms with Gasteiger partial charge in [0.25, 0.3) is 0 Å². The molecule has 128 valence electrons. The summed E-state index contributed by atoms with van der Waals surface area (Å²) in [5, 5.41) is 4.21. The summed E-state index contributed by atoms with van der Waals surface area (Å²) in [7, 11) is 0. The van der Waals surface area contributed by atoms with Crippen LogP contribution in [0.2, 0.25) is 0 Å². The second kappa shape index (κ2) is 6.68. The van der Waals surface area contributed by atoms with Gasteiger partial charge in [-0.15, -0.1) is 0 Å². The van der Waals surface area contributed by atoms with Gasteiger partial charge in [0.1, 0.15) is 5.82 Å². The normalized spacial score (nSPS) is 11.0. The third-order valence-corrected chi connectivity index (χ3v) is 4.17. The van der Waals surface area contributed by atoms with Crippen molar-refractivity contribution in [2.75, 3.05) is 16.8 Å². The molecule has 0 amide bonds. The van der Waals surface area contributed by atoms with Crippen LogP contribution in [0.15, 0.2) is 72.9 Å². The van der Waals surface area contributed by atoms with Gasteiger partial charge in [-0.25, -0.2) is 4.98 Å². The van der Waals surface area contributed by atoms with E-state index < -0.39 is 0 Å². The molecule has 0 aliphatic carbocycles. The first-order valence-corrected chi connectivity index (χ1v) is 8.26. The highest BCUT2D eigenvalue weighted by Gasteiger charge is 2.15. The van der Waals surface area contributed by atoms with E-state index in [0.717, 1.165) is 16.8 Å². The SMILES string of the molecule is Nc1nc(N)c2cc(NC(c3ccccc3)c3ccccc3)cnc2n1. The highest BCUT2D eigenvalue weighted by Crippen LogP contribution is 2.28. The van der Waals surface area contributed by atoms with E-state index in [4.69, 9.17) is 11.5 Å². The van der Waals surface area contributed by atoms with Gasteiger partial charge in [0.15, 0.2) is 5.65 Å². The smallest absolute Gasteiger partial charge is 0.224 e. The van der Waals surface area contributed by atoms with E-state index >= 15 is 0 Å². The number of hydrogen-bond acceptors (Lipinski definition) is 6. The molecule has 2 heterocycles. The van der Waals surface area contributed by atoms with Crippen LogP contribution in [0.3, 0.4) is 0 Å². The number of fused-ring (bicyclic) bond motifs is 1. The molecule has 6 heteroatoms. The first-order chi connectivity index (χ1) is 12.7. The Balaban J connectivity index is 1.75. The molecule has 0 fully saturated rings. The van der Waals surface area contributed by atoms with Gasteiger partial charge in [0.2, 0.25) is 5.95 Å². The fraction of sp³-hybridized carbons (Fsp3) is 0.0500. The summed E-state index contributed by atoms with van der Waals surface area (Å²) in [6.07, 6.45) is 1.73. The molecule has 0 radical (unpaired) electrons. The predicted octanol–water partition coefficient (Wildman–Crippen LogP) is 3.39. The number of nitrogens with zero attached hydrogens (tertiary/aromatic N) is 3. The molecule has 5 N–H and O–H groups in total. The second-order valence-electron chi connectivity index (χ2n) is 5.96. The van der Waals surface area contributed by atoms with Gasteiger partial charge in [-0.2, -0.15) is 9.97 Å². The standard InChI is InChI=1S/C20H18N6/c21-18-16-11-15(12-23-19(16)26-20(22)25-18)24-17(13-7-3-1-4-8-13)14-9-5-2-6-10-14/h1-12,17,24H,(H4,21,22,23,25,26). The van der Waals surface area contributed by atoms with Gasteiger partial charge in [-0.3, -0.25) is 0 Å². The maximum atomic E-state index is 5.98. The van der Waals surface area contributed by atoms with E-state index in [1.54, 1.807) is 6.20 Å². The van der Waals surface area contributed by atoms with Gasteiger partial charge in [-0.05, 0) is 17.2 Å². The average molecular weight is 342 g/mol. The summed E-state index contributed by atoms with van der Waals surface area (Å²) in [5.41, 5.74) is 15.2. The largest absolute Gasteiger partial charge is 0.383 e. The Labute approximate surface area is 150 Å². The lowest BCUT2D eigenvalue weighted by Crippen LogP contribution is -2.12. The van der Waals surface area contributed by atoms with E-state index in [2.05, 4.69) is 44.5 Å². The van der Waals surface area contributed by atoms with Gasteiger partial charge in [-0.1, -0.05) is 60.7 Å². The Morgan fingerprint density at radius 3 is 2.04 bits per heavy atom. The summed E-state index contributed by atoms with van der Waals surface area (Å²) in [4.78, 5) is 12.5. The molecule has 0 unspecified atom stereocenters. The first-order valence-electron chi connectivity index (χ1n) is 8.26. The number of anilines is 3. The molecule has 0 spiro atoms. The van der Waals surface area contributed by atoms with Crippen molar-refractivity contribution in [2.24, 2.45) is 0 Å². The van der Waals surface area contributed by atoms with Crippen molar-refractivity contribution in [3.05, 3.63) is 84.1 Å². The average Bonchev–Trinajstić information content (AvgIpc) is 2.68. The molecule has 2 aromatic carbocycles. The van der Waals surface area contributed by atoms with Crippen molar-refractivity contribution in [3.63, 3.8) is 0 Å². The number of rotatable bonds is 4. The van der Waals surface area contributed by atoms with Crippen molar-refractivity contribution in [1.29, 1.82) is 0 Å². The fourth-order valence-corrected chi connectivity index (χ4v) is 2.95. The first kappa shape index (κ1) is 15.8. The van der Waals surface area contributed by atoms with E-state index in [1.807, 2.05) is 42.5 Å². The van der Waals surface area contributed by atoms with Crippen molar-refractivity contribution in [1.82, 2.24) is 15.0 Å². The minimum atomic E-state index is -0.0208. The zero-order valence-electron chi connectivity index (χ0n) is 14.0. The Morgan fingerprint density at radius 1 is 0.808 bits per heavy atom. The summed E-state index contributed by atoms with van der Waals surface area (Å²) in [6, 6.07) is 22.4. The van der Waals surface area contributed by atoms with E-state index in [-0.39, 0.29) is 12.0 Å². The molecule has 0 saturated heterocycles. The number of nitrogen functional groups attached to an aromatic ring is 2. The number of benzene rings is 2. The summed E-state index contributed by atoms with van der Waals surface area (Å²) in [5.74, 6) is 0.439. The summed E-state index contributed by atoms with van der Waals surface area (Å²) >= 11 is 0. The number of nitrogens with one attached hydrogen (secondary N) is 1. The zero-order chi connectivity index (χ0) is 17.9. The van der Waals surface area contributed by atoms with Gasteiger partial charge in [0.05, 0.1) is 23.3 Å². The molecule has 0 saturated carbocycles. The van der Waals surface area contributed by atoms with Gasteiger partial charge >= 0.3 is 0 Å². The van der Waals surface area contributed by atoms with Crippen LogP contribution in [0, 0.1) is 0 Å². The minimum absolute atomic E-state index is 0.0208. The number of nitrogens with two attached hydrogens (primary N) is 2. The fourth-order valence-electron chi connectivity index (χ4n) is 2.95. The molecule has 0 aliphatic heterocycles. The minimum Gasteiger partial charge on any atom is -0.383 e. The highest BCUT2D eigenvalue weighted by atomic mass is 15.1. The third-order valence-electron chi connectivity index (χ3n) is 4.17. The quantitative estimate of drug-likeness (QED) is 0.525. The Kier molecular flexibility index (Phi) is 4.07. The van der Waals surface area contributed by atoms with Gasteiger partial charge in [0, 0.05) is 0 Å². The van der Waals surface area contributed by atoms with Crippen LogP contribution in [0.1, 0.15) is 17.2 Å². The molecule has 26 heavy (non-hydrogen) atoms. The lowest BCUT2D eigenvalue weighted by molar-refractivity contribution is 0.938. The van der Waals surface area contributed by atoms with Crippen LogP contribution in [0.5, 0.6) is 0 Å². The Bertz CT molecular complexity index is 995. The monoisotopic (exact) mass is 342 g/mol. The topological polar surface area (TPSA) is 103 Å². The van der Waals surface area contributed by atoms with Crippen molar-refractivity contribution >= 4 is 28.5 Å². The molecule has 4 rings (SSSR count). The molecule has 4 aromatic rings. The maximum absolute atomic E-state index is 5.98. The predicted molar refractivity (Wildman–Crippen MR) is 105 cm³/mol. The van der Waals surface area contributed by atoms with Crippen LogP contribution in [0.25, 0.3) is 11.0 Å². The number of hydrogen-bond donors (Lipinski definition) is 3. The van der Waals surface area contributed by atoms with Crippen LogP contribution in [-0.4, -0.2) is 15.0 Å². The molecule has 0 bridgehead atoms. The zero-order valence-corrected chi connectivity index (χ0v) is 14.0. The molecule has 2 aromatic heterocycles. The van der Waals surface area contributed by atoms with Crippen LogP contribution in [-0.2, 0) is 0 Å². The lowest BCUT2D eigenvalue weighted by Gasteiger charge is -2.21. The van der Waals surface area contributed by atoms with Crippen molar-refractivity contribution in [2.45, 2.75) is 6.04 Å². The summed E-state index contributed by atoms with van der Waals surface area (Å²) in [6.45, 7) is 0. The lowest BCUT2D eigenvalue weighted by atomic mass is 9.98. The van der Waals surface area contributed by atoms with Crippen LogP contribution in [0.4, 0.5) is 17.5 Å². The third kappa shape index (κ3) is 3.12. The van der Waals surface area contributed by atoms with Crippen molar-refractivity contribution in [3.8, 4) is 0 Å². The number of pyridine rings is 1. The molecular formula is C20H18N6. The van der Waals surface area contributed by atoms with Crippen molar-refractivity contribution < 1.29 is 0 Å². The maximum Gasteiger partial charge on any atom is 0.224 e. The van der Waals surface area contributed by atoms with E-state index in [9.17, 15) is 0 Å². The van der Waals surface area contributed by atoms with Crippen LogP contribution >= 0.6 is 0 Å². The molecular weight excluding hydrogens is 324 g/mol. The molecule has 6 nitrogen and oxygen atoms in total. The Hall–Kier alpha value is -3.67. The van der Waals surface area contributed by atoms with E-state index in [1.165, 1.54) is 0 Å². The highest BCUT2D eigenvalue weighted by molar-refractivity contribution is 5.88. The summed E-state index contributed by atoms with van der Waals surface area (Å²) < 4.78 is 0. The molecule has 0 aliphatic rings. The Morgan fingerprint density at radius 2 is 1.42 bits per heavy atom. The molecule has 0 atom stereocenters.